The van der Waals surface area contributed by atoms with E-state index in [0.29, 0.717) is 12.2 Å². The number of nitrogens with zero attached hydrogens (tertiary/aromatic N) is 1. The van der Waals surface area contributed by atoms with Crippen molar-refractivity contribution < 1.29 is 4.74 Å². The summed E-state index contributed by atoms with van der Waals surface area (Å²) in [5.41, 5.74) is 2.74. The Kier molecular flexibility index (Phi) is 4.10. The first-order valence-corrected chi connectivity index (χ1v) is 7.95. The minimum Gasteiger partial charge on any atom is -0.371 e. The molecule has 2 aliphatic heterocycles. The maximum atomic E-state index is 5.93. The predicted octanol–water partition coefficient (Wildman–Crippen LogP) is 2.93. The fraction of sp³-hybridized carbons (Fsp3) is 0.600. The molecule has 0 spiro atoms. The van der Waals surface area contributed by atoms with E-state index in [4.69, 9.17) is 4.74 Å². The maximum Gasteiger partial charge on any atom is 0.0755 e. The quantitative estimate of drug-likeness (QED) is 0.921. The third-order valence-corrected chi connectivity index (χ3v) is 4.48. The van der Waals surface area contributed by atoms with Crippen molar-refractivity contribution in [3.63, 3.8) is 0 Å². The first-order valence-electron chi connectivity index (χ1n) is 7.16. The van der Waals surface area contributed by atoms with Gasteiger partial charge in [-0.1, -0.05) is 22.9 Å². The summed E-state index contributed by atoms with van der Waals surface area (Å²) in [6.45, 7) is 6.15. The number of halogens is 1. The lowest BCUT2D eigenvalue weighted by Crippen LogP contribution is -2.43. The van der Waals surface area contributed by atoms with Gasteiger partial charge in [-0.05, 0) is 43.1 Å². The zero-order valence-corrected chi connectivity index (χ0v) is 12.9. The van der Waals surface area contributed by atoms with Crippen molar-refractivity contribution in [3.8, 4) is 0 Å². The molecule has 0 aliphatic carbocycles. The Balaban J connectivity index is 1.82. The Morgan fingerprint density at radius 3 is 2.74 bits per heavy atom. The molecule has 2 unspecified atom stereocenters. The number of rotatable bonds is 4. The van der Waals surface area contributed by atoms with Gasteiger partial charge in [-0.15, -0.1) is 0 Å². The van der Waals surface area contributed by atoms with Crippen molar-refractivity contribution in [2.24, 2.45) is 0 Å². The highest BCUT2D eigenvalue weighted by molar-refractivity contribution is 9.10. The van der Waals surface area contributed by atoms with Crippen LogP contribution in [0.2, 0.25) is 0 Å². The van der Waals surface area contributed by atoms with Crippen LogP contribution in [0.4, 0.5) is 5.69 Å². The van der Waals surface area contributed by atoms with Crippen LogP contribution in [-0.4, -0.2) is 31.8 Å². The molecule has 1 N–H and O–H groups in total. The van der Waals surface area contributed by atoms with Crippen molar-refractivity contribution in [1.82, 2.24) is 5.32 Å². The van der Waals surface area contributed by atoms with E-state index in [-0.39, 0.29) is 0 Å². The second kappa shape index (κ2) is 5.81. The smallest absolute Gasteiger partial charge is 0.0755 e. The molecule has 104 valence electrons. The van der Waals surface area contributed by atoms with E-state index in [1.165, 1.54) is 24.1 Å². The largest absolute Gasteiger partial charge is 0.371 e. The lowest BCUT2D eigenvalue weighted by molar-refractivity contribution is 0.0304. The number of nitrogens with one attached hydrogen (secondary N) is 1. The first kappa shape index (κ1) is 13.4. The summed E-state index contributed by atoms with van der Waals surface area (Å²) < 4.78 is 7.08. The Bertz CT molecular complexity index is 440. The molecule has 1 aromatic carbocycles. The Morgan fingerprint density at radius 2 is 2.05 bits per heavy atom. The molecule has 0 saturated carbocycles. The van der Waals surface area contributed by atoms with Crippen molar-refractivity contribution in [1.29, 1.82) is 0 Å². The summed E-state index contributed by atoms with van der Waals surface area (Å²) in [6, 6.07) is 6.61. The Hall–Kier alpha value is -0.580. The van der Waals surface area contributed by atoms with E-state index in [1.807, 2.05) is 0 Å². The average Bonchev–Trinajstić information content (AvgIpc) is 2.75. The van der Waals surface area contributed by atoms with Gasteiger partial charge in [0.1, 0.15) is 0 Å². The zero-order valence-electron chi connectivity index (χ0n) is 11.4. The van der Waals surface area contributed by atoms with E-state index in [9.17, 15) is 0 Å². The van der Waals surface area contributed by atoms with Crippen LogP contribution in [-0.2, 0) is 11.3 Å². The molecular formula is C15H21BrN2O. The van der Waals surface area contributed by atoms with Crippen LogP contribution in [0.15, 0.2) is 22.7 Å². The molecule has 2 aliphatic rings. The van der Waals surface area contributed by atoms with E-state index in [0.717, 1.165) is 30.7 Å². The second-order valence-corrected chi connectivity index (χ2v) is 6.33. The second-order valence-electron chi connectivity index (χ2n) is 5.42. The summed E-state index contributed by atoms with van der Waals surface area (Å²) in [5.74, 6) is 0. The molecule has 0 aromatic heterocycles. The molecule has 2 atom stereocenters. The number of hydrogen-bond acceptors (Lipinski definition) is 3. The molecule has 1 aromatic rings. The summed E-state index contributed by atoms with van der Waals surface area (Å²) in [5, 5.41) is 3.43. The first-order chi connectivity index (χ1) is 9.26. The Labute approximate surface area is 123 Å². The maximum absolute atomic E-state index is 5.93. The molecule has 0 amide bonds. The molecule has 2 saturated heterocycles. The van der Waals surface area contributed by atoms with Gasteiger partial charge >= 0.3 is 0 Å². The van der Waals surface area contributed by atoms with Crippen LogP contribution in [0.5, 0.6) is 0 Å². The van der Waals surface area contributed by atoms with Gasteiger partial charge in [-0.3, -0.25) is 0 Å². The minimum atomic E-state index is 0.439. The van der Waals surface area contributed by atoms with E-state index < -0.39 is 0 Å². The highest BCUT2D eigenvalue weighted by Crippen LogP contribution is 2.32. The van der Waals surface area contributed by atoms with Gasteiger partial charge in [0.2, 0.25) is 0 Å². The van der Waals surface area contributed by atoms with Gasteiger partial charge in [0.25, 0.3) is 0 Å². The van der Waals surface area contributed by atoms with Gasteiger partial charge in [-0.2, -0.15) is 0 Å². The lowest BCUT2D eigenvalue weighted by atomic mass is 10.1. The summed E-state index contributed by atoms with van der Waals surface area (Å²) in [6.07, 6.45) is 3.32. The van der Waals surface area contributed by atoms with Crippen LogP contribution in [0.1, 0.15) is 25.3 Å². The van der Waals surface area contributed by atoms with Gasteiger partial charge in [0.15, 0.2) is 0 Å². The zero-order chi connectivity index (χ0) is 13.2. The van der Waals surface area contributed by atoms with Crippen LogP contribution in [0.25, 0.3) is 0 Å². The Morgan fingerprint density at radius 1 is 1.32 bits per heavy atom. The molecule has 4 heteroatoms. The minimum absolute atomic E-state index is 0.439. The van der Waals surface area contributed by atoms with Crippen molar-refractivity contribution in [2.75, 3.05) is 24.5 Å². The lowest BCUT2D eigenvalue weighted by Gasteiger charge is -2.35. The summed E-state index contributed by atoms with van der Waals surface area (Å²) in [7, 11) is 0. The van der Waals surface area contributed by atoms with Crippen LogP contribution in [0.3, 0.4) is 0 Å². The number of ether oxygens (including phenoxy) is 1. The number of morpholine rings is 1. The molecule has 3 nitrogen and oxygen atoms in total. The molecule has 0 radical (unpaired) electrons. The molecule has 19 heavy (non-hydrogen) atoms. The van der Waals surface area contributed by atoms with Crippen LogP contribution < -0.4 is 10.2 Å². The van der Waals surface area contributed by atoms with Crippen molar-refractivity contribution in [2.45, 2.75) is 38.5 Å². The standard InChI is InChI=1S/C15H21BrN2O/c1-2-17-8-11-7-12(16)3-6-15(11)18-9-13-4-5-14(10-18)19-13/h3,6-7,13-14,17H,2,4-5,8-10H2,1H3. The summed E-state index contributed by atoms with van der Waals surface area (Å²) in [4.78, 5) is 2.50. The van der Waals surface area contributed by atoms with Gasteiger partial charge < -0.3 is 15.0 Å². The summed E-state index contributed by atoms with van der Waals surface area (Å²) >= 11 is 3.58. The molecule has 3 rings (SSSR count). The van der Waals surface area contributed by atoms with Crippen molar-refractivity contribution >= 4 is 21.6 Å². The van der Waals surface area contributed by atoms with E-state index >= 15 is 0 Å². The number of benzene rings is 1. The van der Waals surface area contributed by atoms with Crippen LogP contribution >= 0.6 is 15.9 Å². The topological polar surface area (TPSA) is 24.5 Å². The van der Waals surface area contributed by atoms with E-state index in [2.05, 4.69) is 51.3 Å². The highest BCUT2D eigenvalue weighted by Gasteiger charge is 2.34. The van der Waals surface area contributed by atoms with Gasteiger partial charge in [-0.25, -0.2) is 0 Å². The normalized spacial score (nSPS) is 25.9. The van der Waals surface area contributed by atoms with E-state index in [1.54, 1.807) is 0 Å². The third-order valence-electron chi connectivity index (χ3n) is 3.99. The fourth-order valence-corrected chi connectivity index (χ4v) is 3.48. The molecule has 2 bridgehead atoms. The van der Waals surface area contributed by atoms with Gasteiger partial charge in [0, 0.05) is 29.8 Å². The molecule has 2 heterocycles. The van der Waals surface area contributed by atoms with Gasteiger partial charge in [0.05, 0.1) is 12.2 Å². The fourth-order valence-electron chi connectivity index (χ4n) is 3.08. The number of hydrogen-bond donors (Lipinski definition) is 1. The molecular weight excluding hydrogens is 304 g/mol. The molecule has 2 fully saturated rings. The van der Waals surface area contributed by atoms with Crippen molar-refractivity contribution in [3.05, 3.63) is 28.2 Å². The van der Waals surface area contributed by atoms with Crippen LogP contribution in [0, 0.1) is 0 Å². The SMILES string of the molecule is CCNCc1cc(Br)ccc1N1CC2CCC(C1)O2. The number of fused-ring (bicyclic) bond motifs is 2. The third kappa shape index (κ3) is 2.96. The average molecular weight is 325 g/mol. The number of anilines is 1. The predicted molar refractivity (Wildman–Crippen MR) is 81.6 cm³/mol. The monoisotopic (exact) mass is 324 g/mol. The highest BCUT2D eigenvalue weighted by atomic mass is 79.9.